The van der Waals surface area contributed by atoms with Gasteiger partial charge in [0.1, 0.15) is 6.10 Å². The van der Waals surface area contributed by atoms with E-state index in [2.05, 4.69) is 46.3 Å². The van der Waals surface area contributed by atoms with Gasteiger partial charge in [0.25, 0.3) is 0 Å². The zero-order valence-corrected chi connectivity index (χ0v) is 21.6. The third-order valence-corrected chi connectivity index (χ3v) is 6.69. The van der Waals surface area contributed by atoms with Gasteiger partial charge in [-0.1, -0.05) is 12.1 Å². The number of aliphatic hydroxyl groups is 1. The third-order valence-electron chi connectivity index (χ3n) is 6.69. The molecule has 8 heteroatoms. The number of halogens is 1. The lowest BCUT2D eigenvalue weighted by atomic mass is 9.97. The molecule has 0 saturated carbocycles. The van der Waals surface area contributed by atoms with Gasteiger partial charge in [-0.25, -0.2) is 4.99 Å². The van der Waals surface area contributed by atoms with Crippen molar-refractivity contribution >= 4 is 35.6 Å². The van der Waals surface area contributed by atoms with Crippen LogP contribution in [0, 0.1) is 5.92 Å². The van der Waals surface area contributed by atoms with Gasteiger partial charge in [0, 0.05) is 51.6 Å². The summed E-state index contributed by atoms with van der Waals surface area (Å²) in [4.78, 5) is 9.66. The molecule has 4 rings (SSSR count). The maximum Gasteiger partial charge on any atom is 0.194 e. The zero-order chi connectivity index (χ0) is 21.5. The smallest absolute Gasteiger partial charge is 0.194 e. The molecule has 0 spiro atoms. The molecule has 2 unspecified atom stereocenters. The van der Waals surface area contributed by atoms with Crippen LogP contribution in [-0.4, -0.2) is 80.7 Å². The summed E-state index contributed by atoms with van der Waals surface area (Å²) in [6.07, 6.45) is 4.72. The van der Waals surface area contributed by atoms with E-state index in [4.69, 9.17) is 14.5 Å². The summed E-state index contributed by atoms with van der Waals surface area (Å²) in [6.45, 7) is 9.26. The Morgan fingerprint density at radius 1 is 1.06 bits per heavy atom. The number of hydrogen-bond donors (Lipinski definition) is 2. The molecule has 3 saturated heterocycles. The number of hydrogen-bond acceptors (Lipinski definition) is 5. The van der Waals surface area contributed by atoms with E-state index >= 15 is 0 Å². The molecule has 0 aliphatic carbocycles. The number of aliphatic imine (C=N–C) groups is 1. The summed E-state index contributed by atoms with van der Waals surface area (Å²) in [5.41, 5.74) is 2.48. The Labute approximate surface area is 209 Å². The van der Waals surface area contributed by atoms with Gasteiger partial charge in [0.15, 0.2) is 5.96 Å². The fraction of sp³-hybridized carbons (Fsp3) is 0.708. The van der Waals surface area contributed by atoms with Gasteiger partial charge in [0.05, 0.1) is 19.3 Å². The van der Waals surface area contributed by atoms with E-state index in [1.807, 2.05) is 0 Å². The van der Waals surface area contributed by atoms with Crippen molar-refractivity contribution in [2.24, 2.45) is 10.9 Å². The Morgan fingerprint density at radius 2 is 1.81 bits per heavy atom. The van der Waals surface area contributed by atoms with Gasteiger partial charge in [-0.15, -0.1) is 24.0 Å². The molecule has 3 aliphatic heterocycles. The number of morpholine rings is 1. The second kappa shape index (κ2) is 13.0. The lowest BCUT2D eigenvalue weighted by molar-refractivity contribution is -0.0817. The minimum Gasteiger partial charge on any atom is -0.396 e. The van der Waals surface area contributed by atoms with Crippen molar-refractivity contribution in [2.75, 3.05) is 57.4 Å². The molecule has 0 aromatic heterocycles. The minimum absolute atomic E-state index is 0. The highest BCUT2D eigenvalue weighted by Crippen LogP contribution is 2.24. The van der Waals surface area contributed by atoms with Gasteiger partial charge in [-0.05, 0) is 56.2 Å². The first kappa shape index (κ1) is 25.5. The number of ether oxygens (including phenoxy) is 2. The molecular weight excluding hydrogens is 519 g/mol. The van der Waals surface area contributed by atoms with E-state index in [1.54, 1.807) is 0 Å². The molecule has 3 fully saturated rings. The number of aliphatic hydroxyl groups excluding tert-OH is 1. The first-order chi connectivity index (χ1) is 15.3. The quantitative estimate of drug-likeness (QED) is 0.318. The SMILES string of the molecule is CCNC(=NCc1ccc(N2CCC(CO)CC2)cc1)N1CCOC(C2CCCO2)C1.I. The number of anilines is 1. The number of nitrogens with zero attached hydrogens (tertiary/aromatic N) is 3. The van der Waals surface area contributed by atoms with Gasteiger partial charge in [-0.3, -0.25) is 0 Å². The van der Waals surface area contributed by atoms with Crippen LogP contribution >= 0.6 is 24.0 Å². The number of guanidine groups is 1. The summed E-state index contributed by atoms with van der Waals surface area (Å²) in [5.74, 6) is 1.43. The summed E-state index contributed by atoms with van der Waals surface area (Å²) in [5, 5.41) is 12.8. The van der Waals surface area contributed by atoms with Crippen LogP contribution < -0.4 is 10.2 Å². The second-order valence-corrected chi connectivity index (χ2v) is 8.86. The molecule has 180 valence electrons. The van der Waals surface area contributed by atoms with E-state index in [-0.39, 0.29) is 36.2 Å². The number of benzene rings is 1. The molecule has 0 radical (unpaired) electrons. The monoisotopic (exact) mass is 558 g/mol. The van der Waals surface area contributed by atoms with Crippen LogP contribution in [0.3, 0.4) is 0 Å². The van der Waals surface area contributed by atoms with E-state index in [9.17, 15) is 5.11 Å². The van der Waals surface area contributed by atoms with Crippen molar-refractivity contribution in [1.82, 2.24) is 10.2 Å². The molecule has 1 aromatic carbocycles. The van der Waals surface area contributed by atoms with E-state index < -0.39 is 0 Å². The maximum absolute atomic E-state index is 9.34. The Kier molecular flexibility index (Phi) is 10.3. The minimum atomic E-state index is 0. The highest BCUT2D eigenvalue weighted by Gasteiger charge is 2.32. The topological polar surface area (TPSA) is 69.6 Å². The molecule has 3 heterocycles. The fourth-order valence-corrected chi connectivity index (χ4v) is 4.77. The van der Waals surface area contributed by atoms with Gasteiger partial charge in [0.2, 0.25) is 0 Å². The zero-order valence-electron chi connectivity index (χ0n) is 19.2. The Bertz CT molecular complexity index is 704. The van der Waals surface area contributed by atoms with Crippen molar-refractivity contribution in [3.05, 3.63) is 29.8 Å². The van der Waals surface area contributed by atoms with Crippen molar-refractivity contribution in [1.29, 1.82) is 0 Å². The molecular formula is C24H39IN4O3. The molecule has 2 atom stereocenters. The predicted molar refractivity (Wildman–Crippen MR) is 139 cm³/mol. The highest BCUT2D eigenvalue weighted by atomic mass is 127. The van der Waals surface area contributed by atoms with Crippen molar-refractivity contribution in [3.63, 3.8) is 0 Å². The normalized spacial score (nSPS) is 25.0. The summed E-state index contributed by atoms with van der Waals surface area (Å²) in [7, 11) is 0. The van der Waals surface area contributed by atoms with Crippen molar-refractivity contribution in [3.8, 4) is 0 Å². The van der Waals surface area contributed by atoms with Gasteiger partial charge < -0.3 is 29.7 Å². The molecule has 0 amide bonds. The van der Waals surface area contributed by atoms with Crippen LogP contribution in [0.4, 0.5) is 5.69 Å². The molecule has 32 heavy (non-hydrogen) atoms. The number of piperidine rings is 1. The summed E-state index contributed by atoms with van der Waals surface area (Å²) >= 11 is 0. The lowest BCUT2D eigenvalue weighted by Crippen LogP contribution is -2.53. The van der Waals surface area contributed by atoms with Crippen LogP contribution in [0.15, 0.2) is 29.3 Å². The van der Waals surface area contributed by atoms with E-state index in [1.165, 1.54) is 11.3 Å². The Hall–Kier alpha value is -1.10. The van der Waals surface area contributed by atoms with Crippen LogP contribution in [-0.2, 0) is 16.0 Å². The van der Waals surface area contributed by atoms with E-state index in [0.717, 1.165) is 77.6 Å². The molecule has 7 nitrogen and oxygen atoms in total. The maximum atomic E-state index is 9.34. The summed E-state index contributed by atoms with van der Waals surface area (Å²) < 4.78 is 11.9. The number of nitrogens with one attached hydrogen (secondary N) is 1. The first-order valence-corrected chi connectivity index (χ1v) is 12.0. The van der Waals surface area contributed by atoms with E-state index in [0.29, 0.717) is 19.1 Å². The Morgan fingerprint density at radius 3 is 2.47 bits per heavy atom. The molecule has 2 N–H and O–H groups in total. The summed E-state index contributed by atoms with van der Waals surface area (Å²) in [6, 6.07) is 8.79. The molecule has 0 bridgehead atoms. The van der Waals surface area contributed by atoms with Crippen LogP contribution in [0.25, 0.3) is 0 Å². The fourth-order valence-electron chi connectivity index (χ4n) is 4.77. The van der Waals surface area contributed by atoms with Crippen LogP contribution in [0.2, 0.25) is 0 Å². The lowest BCUT2D eigenvalue weighted by Gasteiger charge is -2.37. The van der Waals surface area contributed by atoms with Crippen molar-refractivity contribution in [2.45, 2.75) is 51.4 Å². The Balaban J connectivity index is 0.00000289. The van der Waals surface area contributed by atoms with Crippen LogP contribution in [0.5, 0.6) is 0 Å². The largest absolute Gasteiger partial charge is 0.396 e. The average molecular weight is 559 g/mol. The van der Waals surface area contributed by atoms with Gasteiger partial charge >= 0.3 is 0 Å². The first-order valence-electron chi connectivity index (χ1n) is 12.0. The molecule has 3 aliphatic rings. The third kappa shape index (κ3) is 6.71. The predicted octanol–water partition coefficient (Wildman–Crippen LogP) is 2.86. The standard InChI is InChI=1S/C24H38N4O3.HI/c1-2-25-24(28-13-15-31-23(17-28)22-4-3-14-30-22)26-16-19-5-7-21(8-6-19)27-11-9-20(18-29)10-12-27;/h5-8,20,22-23,29H,2-4,9-18H2,1H3,(H,25,26);1H. The highest BCUT2D eigenvalue weighted by molar-refractivity contribution is 14.0. The van der Waals surface area contributed by atoms with Crippen LogP contribution in [0.1, 0.15) is 38.2 Å². The molecule has 1 aromatic rings. The van der Waals surface area contributed by atoms with Gasteiger partial charge in [-0.2, -0.15) is 0 Å². The van der Waals surface area contributed by atoms with Crippen molar-refractivity contribution < 1.29 is 14.6 Å². The average Bonchev–Trinajstić information content (AvgIpc) is 3.37. The second-order valence-electron chi connectivity index (χ2n) is 8.86. The number of rotatable bonds is 6.